The summed E-state index contributed by atoms with van der Waals surface area (Å²) in [6.45, 7) is 0.452. The Morgan fingerprint density at radius 2 is 2.14 bits per heavy atom. The summed E-state index contributed by atoms with van der Waals surface area (Å²) in [4.78, 5) is 25.4. The molecule has 0 saturated carbocycles. The number of methoxy groups -OCH3 is 1. The Labute approximate surface area is 128 Å². The third-order valence-corrected chi connectivity index (χ3v) is 3.51. The normalized spacial score (nSPS) is 10.7. The Balaban J connectivity index is 2.83. The molecule has 2 rings (SSSR count). The zero-order chi connectivity index (χ0) is 15.6. The van der Waals surface area contributed by atoms with Gasteiger partial charge in [-0.1, -0.05) is 0 Å². The first-order valence-electron chi connectivity index (χ1n) is 6.48. The number of carbonyl (C=O) groups excluding carboxylic acids is 2. The smallest absolute Gasteiger partial charge is 0.270 e. The van der Waals surface area contributed by atoms with Crippen LogP contribution in [-0.4, -0.2) is 48.7 Å². The van der Waals surface area contributed by atoms with Gasteiger partial charge in [-0.15, -0.1) is 11.6 Å². The molecule has 0 unspecified atom stereocenters. The quantitative estimate of drug-likeness (QED) is 0.629. The van der Waals surface area contributed by atoms with Crippen molar-refractivity contribution in [2.45, 2.75) is 6.54 Å². The highest BCUT2D eigenvalue weighted by molar-refractivity contribution is 6.18. The van der Waals surface area contributed by atoms with Crippen molar-refractivity contribution in [3.05, 3.63) is 29.5 Å². The average Bonchev–Trinajstić information content (AvgIpc) is 2.79. The molecule has 1 aromatic heterocycles. The Morgan fingerprint density at radius 3 is 2.67 bits per heavy atom. The summed E-state index contributed by atoms with van der Waals surface area (Å²) in [7, 11) is 4.86. The number of amides is 1. The van der Waals surface area contributed by atoms with Gasteiger partial charge >= 0.3 is 0 Å². The molecule has 112 valence electrons. The van der Waals surface area contributed by atoms with Gasteiger partial charge in [0, 0.05) is 37.4 Å². The largest absolute Gasteiger partial charge is 0.497 e. The molecule has 0 radical (unpaired) electrons. The van der Waals surface area contributed by atoms with Gasteiger partial charge in [-0.2, -0.15) is 0 Å². The molecule has 0 saturated heterocycles. The maximum Gasteiger partial charge on any atom is 0.270 e. The van der Waals surface area contributed by atoms with E-state index in [-0.39, 0.29) is 5.91 Å². The Kier molecular flexibility index (Phi) is 4.53. The Bertz CT molecular complexity index is 692. The number of carbonyl (C=O) groups is 2. The fourth-order valence-electron chi connectivity index (χ4n) is 2.37. The zero-order valence-electron chi connectivity index (χ0n) is 12.2. The van der Waals surface area contributed by atoms with Crippen LogP contribution in [0.15, 0.2) is 18.2 Å². The van der Waals surface area contributed by atoms with Crippen molar-refractivity contribution < 1.29 is 14.3 Å². The second-order valence-corrected chi connectivity index (χ2v) is 5.18. The van der Waals surface area contributed by atoms with E-state index in [1.165, 1.54) is 4.90 Å². The predicted octanol–water partition coefficient (Wildman–Crippen LogP) is 2.40. The van der Waals surface area contributed by atoms with E-state index in [1.54, 1.807) is 37.9 Å². The Hall–Kier alpha value is -2.01. The van der Waals surface area contributed by atoms with Crippen LogP contribution >= 0.6 is 11.6 Å². The van der Waals surface area contributed by atoms with E-state index in [1.807, 2.05) is 6.07 Å². The molecule has 0 aliphatic carbocycles. The number of ether oxygens (including phenoxy) is 1. The molecule has 0 aliphatic rings. The van der Waals surface area contributed by atoms with Gasteiger partial charge in [-0.25, -0.2) is 0 Å². The second kappa shape index (κ2) is 6.18. The van der Waals surface area contributed by atoms with E-state index >= 15 is 0 Å². The lowest BCUT2D eigenvalue weighted by molar-refractivity contribution is 0.0814. The van der Waals surface area contributed by atoms with Crippen LogP contribution in [0.3, 0.4) is 0 Å². The van der Waals surface area contributed by atoms with Crippen molar-refractivity contribution in [2.24, 2.45) is 0 Å². The molecular formula is C15H17ClN2O3. The van der Waals surface area contributed by atoms with Crippen molar-refractivity contribution >= 4 is 34.7 Å². The molecule has 1 amide bonds. The lowest BCUT2D eigenvalue weighted by atomic mass is 10.1. The number of hydrogen-bond acceptors (Lipinski definition) is 3. The molecule has 2 aromatic rings. The minimum Gasteiger partial charge on any atom is -0.497 e. The Morgan fingerprint density at radius 1 is 1.43 bits per heavy atom. The van der Waals surface area contributed by atoms with Gasteiger partial charge < -0.3 is 14.2 Å². The van der Waals surface area contributed by atoms with Gasteiger partial charge in [0.05, 0.1) is 12.7 Å². The minimum absolute atomic E-state index is 0.225. The molecule has 0 atom stereocenters. The molecule has 5 nitrogen and oxygen atoms in total. The number of halogens is 1. The van der Waals surface area contributed by atoms with Gasteiger partial charge in [0.25, 0.3) is 5.91 Å². The van der Waals surface area contributed by atoms with Crippen LogP contribution in [0.5, 0.6) is 5.75 Å². The first-order chi connectivity index (χ1) is 10.0. The van der Waals surface area contributed by atoms with E-state index in [4.69, 9.17) is 16.3 Å². The summed E-state index contributed by atoms with van der Waals surface area (Å²) in [5, 5.41) is 0.694. The van der Waals surface area contributed by atoms with Crippen LogP contribution in [0.2, 0.25) is 0 Å². The van der Waals surface area contributed by atoms with Gasteiger partial charge in [-0.3, -0.25) is 9.59 Å². The lowest BCUT2D eigenvalue weighted by Gasteiger charge is -2.14. The fourth-order valence-corrected chi connectivity index (χ4v) is 2.53. The maximum atomic E-state index is 12.4. The highest BCUT2D eigenvalue weighted by Crippen LogP contribution is 2.29. The van der Waals surface area contributed by atoms with E-state index < -0.39 is 0 Å². The van der Waals surface area contributed by atoms with Gasteiger partial charge in [0.1, 0.15) is 11.4 Å². The van der Waals surface area contributed by atoms with Crippen LogP contribution in [0.1, 0.15) is 20.8 Å². The van der Waals surface area contributed by atoms with E-state index in [0.29, 0.717) is 41.1 Å². The summed E-state index contributed by atoms with van der Waals surface area (Å²) in [5.74, 6) is 0.761. The number of alkyl halides is 1. The van der Waals surface area contributed by atoms with Crippen molar-refractivity contribution in [3.8, 4) is 5.75 Å². The highest BCUT2D eigenvalue weighted by Gasteiger charge is 2.23. The van der Waals surface area contributed by atoms with Crippen LogP contribution in [0.4, 0.5) is 0 Å². The number of benzene rings is 1. The van der Waals surface area contributed by atoms with Crippen LogP contribution in [-0.2, 0) is 6.54 Å². The second-order valence-electron chi connectivity index (χ2n) is 4.80. The summed E-state index contributed by atoms with van der Waals surface area (Å²) in [6, 6.07) is 5.39. The lowest BCUT2D eigenvalue weighted by Crippen LogP contribution is -2.26. The third-order valence-electron chi connectivity index (χ3n) is 3.34. The number of aryl methyl sites for hydroxylation is 1. The van der Waals surface area contributed by atoms with Gasteiger partial charge in [0.2, 0.25) is 0 Å². The number of aldehydes is 1. The van der Waals surface area contributed by atoms with Gasteiger partial charge in [-0.05, 0) is 18.2 Å². The minimum atomic E-state index is -0.225. The van der Waals surface area contributed by atoms with Crippen LogP contribution in [0, 0.1) is 0 Å². The first kappa shape index (κ1) is 15.4. The molecule has 0 aliphatic heterocycles. The van der Waals surface area contributed by atoms with Crippen molar-refractivity contribution in [3.63, 3.8) is 0 Å². The van der Waals surface area contributed by atoms with Crippen molar-refractivity contribution in [1.82, 2.24) is 9.47 Å². The molecule has 0 bridgehead atoms. The molecule has 0 spiro atoms. The molecule has 6 heteroatoms. The van der Waals surface area contributed by atoms with Crippen molar-refractivity contribution in [1.29, 1.82) is 0 Å². The molecular weight excluding hydrogens is 292 g/mol. The van der Waals surface area contributed by atoms with Crippen LogP contribution < -0.4 is 4.74 Å². The third kappa shape index (κ3) is 2.61. The molecule has 21 heavy (non-hydrogen) atoms. The predicted molar refractivity (Wildman–Crippen MR) is 82.6 cm³/mol. The monoisotopic (exact) mass is 308 g/mol. The SMILES string of the molecule is COc1ccc2c(c1)c(C=O)c(C(=O)N(C)C)n2CCCl. The topological polar surface area (TPSA) is 51.5 Å². The van der Waals surface area contributed by atoms with E-state index in [0.717, 1.165) is 5.52 Å². The highest BCUT2D eigenvalue weighted by atomic mass is 35.5. The van der Waals surface area contributed by atoms with E-state index in [9.17, 15) is 9.59 Å². The maximum absolute atomic E-state index is 12.4. The summed E-state index contributed by atoms with van der Waals surface area (Å²) >= 11 is 5.84. The van der Waals surface area contributed by atoms with Crippen LogP contribution in [0.25, 0.3) is 10.9 Å². The number of rotatable bonds is 5. The van der Waals surface area contributed by atoms with Gasteiger partial charge in [0.15, 0.2) is 6.29 Å². The number of fused-ring (bicyclic) bond motifs is 1. The molecule has 1 heterocycles. The zero-order valence-corrected chi connectivity index (χ0v) is 13.0. The number of aromatic nitrogens is 1. The summed E-state index contributed by atoms with van der Waals surface area (Å²) in [5.41, 5.74) is 1.52. The molecule has 0 fully saturated rings. The first-order valence-corrected chi connectivity index (χ1v) is 7.01. The number of nitrogens with zero attached hydrogens (tertiary/aromatic N) is 2. The fraction of sp³-hybridized carbons (Fsp3) is 0.333. The molecule has 0 N–H and O–H groups in total. The number of hydrogen-bond donors (Lipinski definition) is 0. The summed E-state index contributed by atoms with van der Waals surface area (Å²) in [6.07, 6.45) is 0.712. The van der Waals surface area contributed by atoms with Crippen molar-refractivity contribution in [2.75, 3.05) is 27.1 Å². The molecule has 1 aromatic carbocycles. The summed E-state index contributed by atoms with van der Waals surface area (Å²) < 4.78 is 6.98. The van der Waals surface area contributed by atoms with E-state index in [2.05, 4.69) is 0 Å². The average molecular weight is 309 g/mol. The standard InChI is InChI=1S/C15H17ClN2O3/c1-17(2)15(20)14-12(9-19)11-8-10(21-3)4-5-13(11)18(14)7-6-16/h4-5,8-9H,6-7H2,1-3H3.